The number of anilines is 3. The van der Waals surface area contributed by atoms with Crippen molar-refractivity contribution >= 4 is 91.7 Å². The van der Waals surface area contributed by atoms with Crippen LogP contribution in [0.1, 0.15) is 0 Å². The maximum absolute atomic E-state index is 2.53. The molecule has 0 saturated carbocycles. The van der Waals surface area contributed by atoms with E-state index < -0.39 is 0 Å². The van der Waals surface area contributed by atoms with Crippen LogP contribution in [0.4, 0.5) is 17.1 Å². The molecular formula is C52H31NS. The number of hydrogen-bond donors (Lipinski definition) is 0. The second-order valence-electron chi connectivity index (χ2n) is 14.4. The van der Waals surface area contributed by atoms with Crippen LogP contribution in [-0.4, -0.2) is 0 Å². The molecular weight excluding hydrogens is 671 g/mol. The zero-order valence-corrected chi connectivity index (χ0v) is 30.1. The molecule has 2 heteroatoms. The second-order valence-corrected chi connectivity index (χ2v) is 15.5. The number of rotatable bonds is 5. The van der Waals surface area contributed by atoms with Crippen molar-refractivity contribution in [3.63, 3.8) is 0 Å². The van der Waals surface area contributed by atoms with Gasteiger partial charge in [0.1, 0.15) is 0 Å². The Morgan fingerprint density at radius 1 is 0.315 bits per heavy atom. The van der Waals surface area contributed by atoms with Crippen LogP contribution >= 0.6 is 11.3 Å². The highest BCUT2D eigenvalue weighted by Crippen LogP contribution is 2.55. The lowest BCUT2D eigenvalue weighted by atomic mass is 9.92. The predicted molar refractivity (Wildman–Crippen MR) is 234 cm³/mol. The van der Waals surface area contributed by atoms with Crippen molar-refractivity contribution < 1.29 is 0 Å². The van der Waals surface area contributed by atoms with E-state index in [-0.39, 0.29) is 0 Å². The Bertz CT molecular complexity index is 3300. The first kappa shape index (κ1) is 29.8. The SMILES string of the molecule is c1ccc(-c2ccc(N(c3cc4ccccc4cc3-c3ccccc3)c3cc4sc5ccc6cccc7c6c5c4c4c3ccc3cccc-7c34)cc2)cc1. The van der Waals surface area contributed by atoms with Gasteiger partial charge >= 0.3 is 0 Å². The Hall–Kier alpha value is -6.74. The Labute approximate surface area is 316 Å². The van der Waals surface area contributed by atoms with Gasteiger partial charge < -0.3 is 4.90 Å². The van der Waals surface area contributed by atoms with Crippen molar-refractivity contribution in [3.8, 4) is 33.4 Å². The molecule has 0 N–H and O–H groups in total. The third kappa shape index (κ3) is 4.26. The summed E-state index contributed by atoms with van der Waals surface area (Å²) in [6.07, 6.45) is 0. The molecule has 1 aromatic heterocycles. The minimum atomic E-state index is 1.12. The normalized spacial score (nSPS) is 12.1. The Balaban J connectivity index is 1.24. The zero-order valence-electron chi connectivity index (χ0n) is 29.3. The average molecular weight is 702 g/mol. The van der Waals surface area contributed by atoms with E-state index in [2.05, 4.69) is 193 Å². The highest BCUT2D eigenvalue weighted by molar-refractivity contribution is 7.26. The summed E-state index contributed by atoms with van der Waals surface area (Å²) in [6.45, 7) is 0. The van der Waals surface area contributed by atoms with E-state index >= 15 is 0 Å². The first-order chi connectivity index (χ1) is 26.8. The molecule has 0 radical (unpaired) electrons. The van der Waals surface area contributed by atoms with Gasteiger partial charge in [0.15, 0.2) is 0 Å². The minimum absolute atomic E-state index is 1.12. The summed E-state index contributed by atoms with van der Waals surface area (Å²) >= 11 is 1.92. The van der Waals surface area contributed by atoms with Crippen molar-refractivity contribution in [3.05, 3.63) is 188 Å². The Morgan fingerprint density at radius 3 is 1.61 bits per heavy atom. The first-order valence-corrected chi connectivity index (χ1v) is 19.4. The Morgan fingerprint density at radius 2 is 0.889 bits per heavy atom. The fourth-order valence-electron chi connectivity index (χ4n) is 9.13. The lowest BCUT2D eigenvalue weighted by Crippen LogP contribution is -2.12. The molecule has 0 unspecified atom stereocenters. The van der Waals surface area contributed by atoms with E-state index in [0.717, 1.165) is 11.4 Å². The lowest BCUT2D eigenvalue weighted by molar-refractivity contribution is 1.31. The molecule has 10 aromatic carbocycles. The molecule has 0 atom stereocenters. The molecule has 250 valence electrons. The highest BCUT2D eigenvalue weighted by atomic mass is 32.1. The highest BCUT2D eigenvalue weighted by Gasteiger charge is 2.27. The summed E-state index contributed by atoms with van der Waals surface area (Å²) in [6, 6.07) is 69.7. The summed E-state index contributed by atoms with van der Waals surface area (Å²) < 4.78 is 2.65. The van der Waals surface area contributed by atoms with Crippen molar-refractivity contribution in [2.45, 2.75) is 0 Å². The molecule has 0 aliphatic heterocycles. The van der Waals surface area contributed by atoms with Crippen LogP contribution in [0.2, 0.25) is 0 Å². The van der Waals surface area contributed by atoms with Crippen LogP contribution in [0.3, 0.4) is 0 Å². The molecule has 0 amide bonds. The van der Waals surface area contributed by atoms with Crippen LogP contribution in [0, 0.1) is 0 Å². The van der Waals surface area contributed by atoms with Gasteiger partial charge in [0.05, 0.1) is 11.4 Å². The quantitative estimate of drug-likeness (QED) is 0.162. The van der Waals surface area contributed by atoms with Gasteiger partial charge in [-0.25, -0.2) is 0 Å². The monoisotopic (exact) mass is 701 g/mol. The molecule has 54 heavy (non-hydrogen) atoms. The summed E-state index contributed by atoms with van der Waals surface area (Å²) in [5.74, 6) is 0. The molecule has 0 bridgehead atoms. The topological polar surface area (TPSA) is 3.24 Å². The van der Waals surface area contributed by atoms with Gasteiger partial charge in [0.25, 0.3) is 0 Å². The summed E-state index contributed by atoms with van der Waals surface area (Å²) in [7, 11) is 0. The molecule has 0 spiro atoms. The second kappa shape index (κ2) is 11.4. The van der Waals surface area contributed by atoms with Crippen LogP contribution in [0.25, 0.3) is 96.6 Å². The maximum atomic E-state index is 2.53. The molecule has 1 aliphatic carbocycles. The van der Waals surface area contributed by atoms with Crippen molar-refractivity contribution in [1.29, 1.82) is 0 Å². The van der Waals surface area contributed by atoms with E-state index in [1.165, 1.54) is 102 Å². The largest absolute Gasteiger partial charge is 0.309 e. The molecule has 1 nitrogen and oxygen atoms in total. The fourth-order valence-corrected chi connectivity index (χ4v) is 10.3. The van der Waals surface area contributed by atoms with Gasteiger partial charge in [0, 0.05) is 42.2 Å². The third-order valence-electron chi connectivity index (χ3n) is 11.5. The van der Waals surface area contributed by atoms with E-state index in [9.17, 15) is 0 Å². The Kier molecular flexibility index (Phi) is 6.28. The van der Waals surface area contributed by atoms with Crippen molar-refractivity contribution in [1.82, 2.24) is 0 Å². The number of benzene rings is 10. The van der Waals surface area contributed by atoms with Crippen LogP contribution < -0.4 is 4.90 Å². The van der Waals surface area contributed by atoms with Gasteiger partial charge in [-0.2, -0.15) is 0 Å². The number of hydrogen-bond acceptors (Lipinski definition) is 2. The van der Waals surface area contributed by atoms with Gasteiger partial charge in [-0.15, -0.1) is 11.3 Å². The third-order valence-corrected chi connectivity index (χ3v) is 12.6. The summed E-state index contributed by atoms with van der Waals surface area (Å²) in [4.78, 5) is 2.53. The predicted octanol–water partition coefficient (Wildman–Crippen LogP) is 15.5. The molecule has 0 fully saturated rings. The van der Waals surface area contributed by atoms with Crippen molar-refractivity contribution in [2.75, 3.05) is 4.90 Å². The molecule has 0 saturated heterocycles. The van der Waals surface area contributed by atoms with E-state index in [1.807, 2.05) is 11.3 Å². The maximum Gasteiger partial charge on any atom is 0.0555 e. The van der Waals surface area contributed by atoms with Gasteiger partial charge in [-0.1, -0.05) is 152 Å². The molecule has 1 heterocycles. The molecule has 1 aliphatic rings. The average Bonchev–Trinajstić information content (AvgIpc) is 3.56. The van der Waals surface area contributed by atoms with E-state index in [1.54, 1.807) is 0 Å². The minimum Gasteiger partial charge on any atom is -0.309 e. The van der Waals surface area contributed by atoms with Gasteiger partial charge in [-0.05, 0) is 96.5 Å². The van der Waals surface area contributed by atoms with E-state index in [4.69, 9.17) is 0 Å². The standard InChI is InChI=1S/C52H31NS/c1-3-11-32(12-4-1)33-21-25-39(26-22-33)53(44-30-38-16-8-7-15-37(38)29-43(44)34-13-5-2-6-14-34)45-31-47-52-50-42(45)27-23-35-17-9-19-40(48(35)50)41-20-10-18-36-24-28-46(54-47)51(52)49(36)41/h1-31H. The van der Waals surface area contributed by atoms with Crippen LogP contribution in [0.15, 0.2) is 188 Å². The van der Waals surface area contributed by atoms with Gasteiger partial charge in [0.2, 0.25) is 0 Å². The van der Waals surface area contributed by atoms with Crippen LogP contribution in [0.5, 0.6) is 0 Å². The van der Waals surface area contributed by atoms with Crippen LogP contribution in [-0.2, 0) is 0 Å². The summed E-state index contributed by atoms with van der Waals surface area (Å²) in [5.41, 5.74) is 10.9. The smallest absolute Gasteiger partial charge is 0.0555 e. The summed E-state index contributed by atoms with van der Waals surface area (Å²) in [5, 5.41) is 13.1. The zero-order chi connectivity index (χ0) is 35.3. The van der Waals surface area contributed by atoms with Gasteiger partial charge in [-0.3, -0.25) is 0 Å². The number of thiophene rings is 1. The fraction of sp³-hybridized carbons (Fsp3) is 0. The molecule has 11 aromatic rings. The first-order valence-electron chi connectivity index (χ1n) is 18.6. The molecule has 12 rings (SSSR count). The lowest BCUT2D eigenvalue weighted by Gasteiger charge is -2.30. The number of fused-ring (bicyclic) bond motifs is 2. The van der Waals surface area contributed by atoms with Crippen molar-refractivity contribution in [2.24, 2.45) is 0 Å². The van der Waals surface area contributed by atoms with E-state index in [0.29, 0.717) is 0 Å². The number of nitrogens with zero attached hydrogens (tertiary/aromatic N) is 1.